The third kappa shape index (κ3) is 2.21. The zero-order valence-corrected chi connectivity index (χ0v) is 9.81. The van der Waals surface area contributed by atoms with Crippen molar-refractivity contribution in [3.05, 3.63) is 29.8 Å². The number of aromatic nitrogens is 4. The van der Waals surface area contributed by atoms with Crippen LogP contribution in [-0.2, 0) is 6.42 Å². The van der Waals surface area contributed by atoms with Crippen LogP contribution in [0.15, 0.2) is 18.6 Å². The fraction of sp³-hybridized carbons (Fsp3) is 0.273. The minimum atomic E-state index is 0.558. The number of rotatable bonds is 3. The van der Waals surface area contributed by atoms with Gasteiger partial charge in [0, 0.05) is 17.5 Å². The Morgan fingerprint density at radius 2 is 2.18 bits per heavy atom. The number of aryl methyl sites for hydroxylation is 1. The smallest absolute Gasteiger partial charge is 0.180 e. The van der Waals surface area contributed by atoms with E-state index < -0.39 is 0 Å². The molecule has 2 aromatic rings. The molecule has 0 amide bonds. The Morgan fingerprint density at radius 3 is 2.76 bits per heavy atom. The molecule has 0 saturated heterocycles. The standard InChI is InChI=1S/C11H14N6/c1-3-8-7(2)10(17-12)16-11(15-8)9-4-5-13-6-14-9/h4-6H,3,12H2,1-2H3,(H,15,16,17). The molecule has 0 aliphatic rings. The monoisotopic (exact) mass is 230 g/mol. The topological polar surface area (TPSA) is 89.6 Å². The van der Waals surface area contributed by atoms with Gasteiger partial charge in [0.2, 0.25) is 0 Å². The van der Waals surface area contributed by atoms with E-state index in [1.54, 1.807) is 12.3 Å². The molecule has 0 aromatic carbocycles. The molecule has 3 N–H and O–H groups in total. The van der Waals surface area contributed by atoms with E-state index in [9.17, 15) is 0 Å². The van der Waals surface area contributed by atoms with Crippen molar-refractivity contribution in [2.45, 2.75) is 20.3 Å². The maximum absolute atomic E-state index is 5.45. The van der Waals surface area contributed by atoms with E-state index in [1.165, 1.54) is 6.33 Å². The van der Waals surface area contributed by atoms with Crippen LogP contribution in [0.2, 0.25) is 0 Å². The third-order valence-electron chi connectivity index (χ3n) is 2.53. The van der Waals surface area contributed by atoms with Crippen molar-refractivity contribution in [3.8, 4) is 11.5 Å². The number of nitrogen functional groups attached to an aromatic ring is 1. The molecule has 0 fully saturated rings. The highest BCUT2D eigenvalue weighted by Crippen LogP contribution is 2.19. The summed E-state index contributed by atoms with van der Waals surface area (Å²) in [6.45, 7) is 3.98. The highest BCUT2D eigenvalue weighted by Gasteiger charge is 2.10. The third-order valence-corrected chi connectivity index (χ3v) is 2.53. The molecule has 88 valence electrons. The molecular weight excluding hydrogens is 216 g/mol. The summed E-state index contributed by atoms with van der Waals surface area (Å²) in [7, 11) is 0. The lowest BCUT2D eigenvalue weighted by Crippen LogP contribution is -2.13. The number of hydrogen-bond donors (Lipinski definition) is 2. The molecule has 0 atom stereocenters. The molecule has 2 heterocycles. The van der Waals surface area contributed by atoms with Gasteiger partial charge in [0.05, 0.1) is 0 Å². The maximum atomic E-state index is 5.45. The molecule has 6 heteroatoms. The van der Waals surface area contributed by atoms with E-state index >= 15 is 0 Å². The summed E-state index contributed by atoms with van der Waals surface area (Å²) in [6, 6.07) is 1.77. The first kappa shape index (κ1) is 11.4. The molecule has 0 aliphatic carbocycles. The minimum absolute atomic E-state index is 0.558. The molecule has 0 radical (unpaired) electrons. The second kappa shape index (κ2) is 4.84. The molecule has 0 saturated carbocycles. The molecule has 0 unspecified atom stereocenters. The summed E-state index contributed by atoms with van der Waals surface area (Å²) < 4.78 is 0. The first-order valence-corrected chi connectivity index (χ1v) is 5.36. The van der Waals surface area contributed by atoms with E-state index in [2.05, 4.69) is 25.4 Å². The zero-order chi connectivity index (χ0) is 12.3. The Balaban J connectivity index is 2.56. The van der Waals surface area contributed by atoms with Gasteiger partial charge in [-0.15, -0.1) is 0 Å². The van der Waals surface area contributed by atoms with Gasteiger partial charge in [0.15, 0.2) is 5.82 Å². The average molecular weight is 230 g/mol. The number of nitrogens with two attached hydrogens (primary N) is 1. The molecule has 0 spiro atoms. The van der Waals surface area contributed by atoms with Crippen molar-refractivity contribution in [1.82, 2.24) is 19.9 Å². The molecular formula is C11H14N6. The Kier molecular flexibility index (Phi) is 3.24. The van der Waals surface area contributed by atoms with Crippen molar-refractivity contribution in [3.63, 3.8) is 0 Å². The zero-order valence-electron chi connectivity index (χ0n) is 9.81. The van der Waals surface area contributed by atoms with Gasteiger partial charge >= 0.3 is 0 Å². The van der Waals surface area contributed by atoms with Crippen molar-refractivity contribution in [2.24, 2.45) is 5.84 Å². The fourth-order valence-electron chi connectivity index (χ4n) is 1.59. The van der Waals surface area contributed by atoms with Crippen LogP contribution in [-0.4, -0.2) is 19.9 Å². The lowest BCUT2D eigenvalue weighted by Gasteiger charge is -2.10. The van der Waals surface area contributed by atoms with Crippen LogP contribution < -0.4 is 11.3 Å². The highest BCUT2D eigenvalue weighted by atomic mass is 15.3. The molecule has 2 rings (SSSR count). The maximum Gasteiger partial charge on any atom is 0.180 e. The number of nitrogens with one attached hydrogen (secondary N) is 1. The quantitative estimate of drug-likeness (QED) is 0.606. The van der Waals surface area contributed by atoms with Crippen LogP contribution in [0, 0.1) is 6.92 Å². The molecule has 17 heavy (non-hydrogen) atoms. The number of anilines is 1. The molecule has 2 aromatic heterocycles. The Hall–Kier alpha value is -2.08. The Morgan fingerprint density at radius 1 is 1.35 bits per heavy atom. The molecule has 0 aliphatic heterocycles. The Bertz CT molecular complexity index is 486. The number of nitrogens with zero attached hydrogens (tertiary/aromatic N) is 4. The summed E-state index contributed by atoms with van der Waals surface area (Å²) in [4.78, 5) is 16.8. The highest BCUT2D eigenvalue weighted by molar-refractivity contribution is 5.55. The number of hydrazine groups is 1. The van der Waals surface area contributed by atoms with Gasteiger partial charge in [-0.3, -0.25) is 0 Å². The van der Waals surface area contributed by atoms with Crippen LogP contribution in [0.4, 0.5) is 5.82 Å². The first-order valence-electron chi connectivity index (χ1n) is 5.36. The summed E-state index contributed by atoms with van der Waals surface area (Å²) >= 11 is 0. The SMILES string of the molecule is CCc1nc(-c2ccncn2)nc(NN)c1C. The van der Waals surface area contributed by atoms with Crippen LogP contribution in [0.5, 0.6) is 0 Å². The average Bonchev–Trinajstić information content (AvgIpc) is 2.40. The van der Waals surface area contributed by atoms with E-state index in [-0.39, 0.29) is 0 Å². The van der Waals surface area contributed by atoms with Gasteiger partial charge in [-0.05, 0) is 19.4 Å². The number of hydrogen-bond acceptors (Lipinski definition) is 6. The van der Waals surface area contributed by atoms with Crippen LogP contribution in [0.25, 0.3) is 11.5 Å². The van der Waals surface area contributed by atoms with E-state index in [1.807, 2.05) is 13.8 Å². The molecule has 0 bridgehead atoms. The van der Waals surface area contributed by atoms with Gasteiger partial charge in [0.1, 0.15) is 17.8 Å². The first-order chi connectivity index (χ1) is 8.26. The van der Waals surface area contributed by atoms with Crippen molar-refractivity contribution >= 4 is 5.82 Å². The van der Waals surface area contributed by atoms with Crippen molar-refractivity contribution in [1.29, 1.82) is 0 Å². The van der Waals surface area contributed by atoms with E-state index in [0.717, 1.165) is 17.7 Å². The van der Waals surface area contributed by atoms with Gasteiger partial charge in [-0.1, -0.05) is 6.92 Å². The van der Waals surface area contributed by atoms with Crippen molar-refractivity contribution < 1.29 is 0 Å². The fourth-order valence-corrected chi connectivity index (χ4v) is 1.59. The summed E-state index contributed by atoms with van der Waals surface area (Å²) in [5.41, 5.74) is 5.20. The van der Waals surface area contributed by atoms with Gasteiger partial charge in [-0.2, -0.15) is 0 Å². The van der Waals surface area contributed by atoms with Crippen LogP contribution >= 0.6 is 0 Å². The summed E-state index contributed by atoms with van der Waals surface area (Å²) in [6.07, 6.45) is 3.95. The lowest BCUT2D eigenvalue weighted by atomic mass is 10.2. The van der Waals surface area contributed by atoms with Gasteiger partial charge in [0.25, 0.3) is 0 Å². The second-order valence-corrected chi connectivity index (χ2v) is 3.56. The summed E-state index contributed by atoms with van der Waals surface area (Å²) in [5, 5.41) is 0. The summed E-state index contributed by atoms with van der Waals surface area (Å²) in [5.74, 6) is 6.64. The van der Waals surface area contributed by atoms with Crippen molar-refractivity contribution in [2.75, 3.05) is 5.43 Å². The van der Waals surface area contributed by atoms with E-state index in [4.69, 9.17) is 5.84 Å². The predicted molar refractivity (Wildman–Crippen MR) is 65.0 cm³/mol. The van der Waals surface area contributed by atoms with Gasteiger partial charge in [-0.25, -0.2) is 25.8 Å². The van der Waals surface area contributed by atoms with Gasteiger partial charge < -0.3 is 5.43 Å². The minimum Gasteiger partial charge on any atom is -0.308 e. The van der Waals surface area contributed by atoms with E-state index in [0.29, 0.717) is 17.3 Å². The predicted octanol–water partition coefficient (Wildman–Crippen LogP) is 1.09. The largest absolute Gasteiger partial charge is 0.308 e. The lowest BCUT2D eigenvalue weighted by molar-refractivity contribution is 0.965. The van der Waals surface area contributed by atoms with Crippen LogP contribution in [0.1, 0.15) is 18.2 Å². The molecule has 6 nitrogen and oxygen atoms in total. The van der Waals surface area contributed by atoms with Crippen LogP contribution in [0.3, 0.4) is 0 Å². The second-order valence-electron chi connectivity index (χ2n) is 3.56. The normalized spacial score (nSPS) is 10.3. The Labute approximate surface area is 99.3 Å².